The number of benzene rings is 2. The summed E-state index contributed by atoms with van der Waals surface area (Å²) in [5.41, 5.74) is 2.21. The van der Waals surface area contributed by atoms with Crippen molar-refractivity contribution >= 4 is 46.8 Å². The molecular formula is C24H22ClN3O4S. The van der Waals surface area contributed by atoms with Gasteiger partial charge in [-0.2, -0.15) is 5.26 Å². The number of esters is 1. The molecule has 2 aromatic carbocycles. The summed E-state index contributed by atoms with van der Waals surface area (Å²) in [7, 11) is 0. The molecule has 3 rings (SSSR count). The molecule has 0 saturated heterocycles. The number of hydrogen-bond acceptors (Lipinski definition) is 6. The first-order valence-corrected chi connectivity index (χ1v) is 11.6. The van der Waals surface area contributed by atoms with E-state index in [1.807, 2.05) is 25.1 Å². The number of nitrogens with one attached hydrogen (secondary N) is 2. The maximum atomic E-state index is 12.9. The van der Waals surface area contributed by atoms with Gasteiger partial charge >= 0.3 is 5.97 Å². The molecule has 0 radical (unpaired) electrons. The fourth-order valence-corrected chi connectivity index (χ4v) is 4.63. The molecule has 0 aromatic heterocycles. The van der Waals surface area contributed by atoms with E-state index < -0.39 is 23.7 Å². The van der Waals surface area contributed by atoms with Gasteiger partial charge in [0.15, 0.2) is 0 Å². The summed E-state index contributed by atoms with van der Waals surface area (Å²) in [5.74, 6) is -3.90. The number of hydrogen-bond donors (Lipinski definition) is 2. The zero-order valence-electron chi connectivity index (χ0n) is 18.1. The highest BCUT2D eigenvalue weighted by atomic mass is 35.5. The number of amides is 2. The number of anilines is 1. The van der Waals surface area contributed by atoms with Crippen molar-refractivity contribution in [2.24, 2.45) is 5.92 Å². The SMILES string of the molecule is CCOC(=O)[C@H]1C(=O)NC(SCC(=O)Nc2ccccc2C)=C(C#N)[C@@H]1c1ccccc1Cl. The summed E-state index contributed by atoms with van der Waals surface area (Å²) in [6.45, 7) is 3.60. The van der Waals surface area contributed by atoms with E-state index in [0.29, 0.717) is 16.3 Å². The average Bonchev–Trinajstić information content (AvgIpc) is 2.79. The van der Waals surface area contributed by atoms with E-state index in [2.05, 4.69) is 16.7 Å². The molecule has 2 atom stereocenters. The molecule has 0 fully saturated rings. The van der Waals surface area contributed by atoms with Crippen LogP contribution in [-0.2, 0) is 19.1 Å². The zero-order valence-corrected chi connectivity index (χ0v) is 19.6. The van der Waals surface area contributed by atoms with E-state index in [9.17, 15) is 19.6 Å². The Morgan fingerprint density at radius 1 is 1.21 bits per heavy atom. The highest BCUT2D eigenvalue weighted by Crippen LogP contribution is 2.42. The average molecular weight is 484 g/mol. The summed E-state index contributed by atoms with van der Waals surface area (Å²) in [4.78, 5) is 38.1. The van der Waals surface area contributed by atoms with Gasteiger partial charge < -0.3 is 15.4 Å². The van der Waals surface area contributed by atoms with Gasteiger partial charge in [0.05, 0.1) is 29.0 Å². The van der Waals surface area contributed by atoms with E-state index in [1.54, 1.807) is 37.3 Å². The fourth-order valence-electron chi connectivity index (χ4n) is 3.53. The number of carbonyl (C=O) groups is 3. The van der Waals surface area contributed by atoms with Crippen LogP contribution < -0.4 is 10.6 Å². The molecule has 2 amide bonds. The number of ether oxygens (including phenoxy) is 1. The Labute approximate surface area is 201 Å². The third kappa shape index (κ3) is 5.56. The van der Waals surface area contributed by atoms with Gasteiger partial charge in [-0.1, -0.05) is 59.8 Å². The number of aryl methyl sites for hydroxylation is 1. The monoisotopic (exact) mass is 483 g/mol. The Bertz CT molecular complexity index is 1160. The van der Waals surface area contributed by atoms with Crippen LogP contribution in [0.25, 0.3) is 0 Å². The first kappa shape index (κ1) is 24.4. The van der Waals surface area contributed by atoms with Gasteiger partial charge in [0.25, 0.3) is 0 Å². The third-order valence-corrected chi connectivity index (χ3v) is 6.44. The lowest BCUT2D eigenvalue weighted by molar-refractivity contribution is -0.152. The van der Waals surface area contributed by atoms with Crippen molar-refractivity contribution in [3.05, 3.63) is 75.3 Å². The van der Waals surface area contributed by atoms with Gasteiger partial charge in [-0.3, -0.25) is 14.4 Å². The maximum Gasteiger partial charge on any atom is 0.319 e. The lowest BCUT2D eigenvalue weighted by Crippen LogP contribution is -2.44. The van der Waals surface area contributed by atoms with Crippen molar-refractivity contribution in [3.8, 4) is 6.07 Å². The Kier molecular flexibility index (Phi) is 8.15. The minimum Gasteiger partial charge on any atom is -0.465 e. The van der Waals surface area contributed by atoms with Crippen molar-refractivity contribution < 1.29 is 19.1 Å². The van der Waals surface area contributed by atoms with Crippen LogP contribution in [-0.4, -0.2) is 30.1 Å². The second-order valence-electron chi connectivity index (χ2n) is 7.22. The molecule has 9 heteroatoms. The number of thioether (sulfide) groups is 1. The lowest BCUT2D eigenvalue weighted by atomic mass is 9.78. The lowest BCUT2D eigenvalue weighted by Gasteiger charge is -2.31. The van der Waals surface area contributed by atoms with Gasteiger partial charge in [-0.25, -0.2) is 0 Å². The Morgan fingerprint density at radius 2 is 1.91 bits per heavy atom. The molecule has 0 bridgehead atoms. The van der Waals surface area contributed by atoms with E-state index in [1.165, 1.54) is 0 Å². The summed E-state index contributed by atoms with van der Waals surface area (Å²) in [5, 5.41) is 15.9. The second kappa shape index (κ2) is 11.0. The summed E-state index contributed by atoms with van der Waals surface area (Å²) >= 11 is 7.38. The second-order valence-corrected chi connectivity index (χ2v) is 8.62. The van der Waals surface area contributed by atoms with Gasteiger partial charge in [0.2, 0.25) is 11.8 Å². The molecule has 0 saturated carbocycles. The molecule has 1 aliphatic heterocycles. The largest absolute Gasteiger partial charge is 0.465 e. The molecule has 33 heavy (non-hydrogen) atoms. The van der Waals surface area contributed by atoms with E-state index in [4.69, 9.17) is 16.3 Å². The Balaban J connectivity index is 1.92. The molecule has 0 spiro atoms. The van der Waals surface area contributed by atoms with Crippen LogP contribution in [0.1, 0.15) is 24.0 Å². The van der Waals surface area contributed by atoms with Crippen LogP contribution in [0.3, 0.4) is 0 Å². The third-order valence-electron chi connectivity index (χ3n) is 5.08. The number of carbonyl (C=O) groups excluding carboxylic acids is 3. The minimum atomic E-state index is -1.27. The van der Waals surface area contributed by atoms with Crippen LogP contribution >= 0.6 is 23.4 Å². The molecular weight excluding hydrogens is 462 g/mol. The molecule has 1 aliphatic rings. The van der Waals surface area contributed by atoms with E-state index in [0.717, 1.165) is 17.3 Å². The number of nitrogens with zero attached hydrogens (tertiary/aromatic N) is 1. The van der Waals surface area contributed by atoms with Gasteiger partial charge in [0.1, 0.15) is 5.92 Å². The standard InChI is InChI=1S/C24H22ClN3O4S/c1-3-32-24(31)21-20(15-9-5-6-10-17(15)25)16(12-26)23(28-22(21)30)33-13-19(29)27-18-11-7-4-8-14(18)2/h4-11,20-21H,3,13H2,1-2H3,(H,27,29)(H,28,30)/t20-,21+/m0/s1. The van der Waals surface area contributed by atoms with Crippen LogP contribution in [0.4, 0.5) is 5.69 Å². The van der Waals surface area contributed by atoms with Crippen molar-refractivity contribution in [2.45, 2.75) is 19.8 Å². The van der Waals surface area contributed by atoms with Crippen molar-refractivity contribution in [2.75, 3.05) is 17.7 Å². The molecule has 0 unspecified atom stereocenters. The number of rotatable bonds is 7. The molecule has 1 heterocycles. The molecule has 2 aromatic rings. The van der Waals surface area contributed by atoms with E-state index in [-0.39, 0.29) is 28.9 Å². The fraction of sp³-hybridized carbons (Fsp3) is 0.250. The number of halogens is 1. The van der Waals surface area contributed by atoms with Crippen LogP contribution in [0.2, 0.25) is 5.02 Å². The zero-order chi connectivity index (χ0) is 24.0. The van der Waals surface area contributed by atoms with Crippen LogP contribution in [0.5, 0.6) is 0 Å². The van der Waals surface area contributed by atoms with Crippen molar-refractivity contribution in [3.63, 3.8) is 0 Å². The first-order chi connectivity index (χ1) is 15.9. The van der Waals surface area contributed by atoms with Crippen LogP contribution in [0, 0.1) is 24.2 Å². The normalized spacial score (nSPS) is 17.7. The molecule has 0 aliphatic carbocycles. The molecule has 7 nitrogen and oxygen atoms in total. The highest BCUT2D eigenvalue weighted by Gasteiger charge is 2.45. The molecule has 170 valence electrons. The Hall–Kier alpha value is -3.28. The van der Waals surface area contributed by atoms with Gasteiger partial charge in [-0.05, 0) is 37.1 Å². The predicted octanol–water partition coefficient (Wildman–Crippen LogP) is 4.15. The first-order valence-electron chi connectivity index (χ1n) is 10.2. The summed E-state index contributed by atoms with van der Waals surface area (Å²) in [6.07, 6.45) is 0. The number of nitriles is 1. The minimum absolute atomic E-state index is 0.0472. The smallest absolute Gasteiger partial charge is 0.319 e. The quantitative estimate of drug-likeness (QED) is 0.452. The summed E-state index contributed by atoms with van der Waals surface area (Å²) < 4.78 is 5.10. The van der Waals surface area contributed by atoms with E-state index >= 15 is 0 Å². The maximum absolute atomic E-state index is 12.9. The van der Waals surface area contributed by atoms with Crippen molar-refractivity contribution in [1.82, 2.24) is 5.32 Å². The topological polar surface area (TPSA) is 108 Å². The molecule has 2 N–H and O–H groups in total. The number of allylic oxidation sites excluding steroid dienone is 1. The summed E-state index contributed by atoms with van der Waals surface area (Å²) in [6, 6.07) is 16.2. The Morgan fingerprint density at radius 3 is 2.58 bits per heavy atom. The van der Waals surface area contributed by atoms with Crippen molar-refractivity contribution in [1.29, 1.82) is 5.26 Å². The number of para-hydroxylation sites is 1. The van der Waals surface area contributed by atoms with Gasteiger partial charge in [0, 0.05) is 16.6 Å². The highest BCUT2D eigenvalue weighted by molar-refractivity contribution is 8.03. The predicted molar refractivity (Wildman–Crippen MR) is 127 cm³/mol. The van der Waals surface area contributed by atoms with Crippen LogP contribution in [0.15, 0.2) is 59.1 Å². The van der Waals surface area contributed by atoms with Gasteiger partial charge in [-0.15, -0.1) is 0 Å².